The number of hydrogen-bond donors (Lipinski definition) is 0. The third-order valence-corrected chi connectivity index (χ3v) is 5.20. The van der Waals surface area contributed by atoms with Gasteiger partial charge in [0.25, 0.3) is 0 Å². The fourth-order valence-electron chi connectivity index (χ4n) is 3.78. The molecule has 2 aliphatic heterocycles. The highest BCUT2D eigenvalue weighted by atomic mass is 16.6. The molecule has 0 radical (unpaired) electrons. The van der Waals surface area contributed by atoms with Gasteiger partial charge in [-0.2, -0.15) is 0 Å². The molecule has 3 nitrogen and oxygen atoms in total. The smallest absolute Gasteiger partial charge is 0.117 e. The van der Waals surface area contributed by atoms with Crippen LogP contribution in [0.3, 0.4) is 0 Å². The topological polar surface area (TPSA) is 27.7 Å². The van der Waals surface area contributed by atoms with Crippen LogP contribution in [0.5, 0.6) is 0 Å². The molecule has 0 aromatic heterocycles. The van der Waals surface area contributed by atoms with Gasteiger partial charge in [-0.1, -0.05) is 55.5 Å². The molecule has 0 amide bonds. The van der Waals surface area contributed by atoms with Crippen molar-refractivity contribution >= 4 is 0 Å². The molecule has 126 valence electrons. The first-order valence-corrected chi connectivity index (χ1v) is 8.79. The van der Waals surface area contributed by atoms with Gasteiger partial charge in [-0.3, -0.25) is 0 Å². The molecule has 24 heavy (non-hydrogen) atoms. The zero-order valence-electron chi connectivity index (χ0n) is 14.3. The molecule has 2 aromatic carbocycles. The minimum Gasteiger partial charge on any atom is -0.368 e. The Kier molecular flexibility index (Phi) is 4.40. The highest BCUT2D eigenvalue weighted by Gasteiger charge is 2.48. The molecule has 0 unspecified atom stereocenters. The lowest BCUT2D eigenvalue weighted by Gasteiger charge is -2.30. The van der Waals surface area contributed by atoms with Crippen LogP contribution in [0.2, 0.25) is 0 Å². The number of benzene rings is 2. The molecule has 0 aliphatic carbocycles. The first-order chi connectivity index (χ1) is 11.8. The van der Waals surface area contributed by atoms with E-state index < -0.39 is 0 Å². The van der Waals surface area contributed by atoms with E-state index in [4.69, 9.17) is 14.2 Å². The Morgan fingerprint density at radius 2 is 1.88 bits per heavy atom. The summed E-state index contributed by atoms with van der Waals surface area (Å²) in [4.78, 5) is 0. The molecule has 0 saturated carbocycles. The summed E-state index contributed by atoms with van der Waals surface area (Å²) < 4.78 is 18.8. The Hall–Kier alpha value is -1.68. The Morgan fingerprint density at radius 1 is 1.08 bits per heavy atom. The van der Waals surface area contributed by atoms with E-state index in [1.165, 1.54) is 22.3 Å². The van der Waals surface area contributed by atoms with Gasteiger partial charge in [0, 0.05) is 0 Å². The van der Waals surface area contributed by atoms with Crippen LogP contribution in [0.4, 0.5) is 0 Å². The predicted molar refractivity (Wildman–Crippen MR) is 92.7 cm³/mol. The third kappa shape index (κ3) is 2.77. The van der Waals surface area contributed by atoms with E-state index in [9.17, 15) is 0 Å². The Balaban J connectivity index is 1.54. The zero-order valence-corrected chi connectivity index (χ0v) is 14.3. The predicted octanol–water partition coefficient (Wildman–Crippen LogP) is 4.33. The third-order valence-electron chi connectivity index (χ3n) is 5.20. The molecule has 2 heterocycles. The van der Waals surface area contributed by atoms with Gasteiger partial charge in [-0.15, -0.1) is 0 Å². The lowest BCUT2D eigenvalue weighted by molar-refractivity contribution is -0.0862. The molecular weight excluding hydrogens is 300 g/mol. The number of hydrogen-bond acceptors (Lipinski definition) is 3. The summed E-state index contributed by atoms with van der Waals surface area (Å²) in [6.45, 7) is 5.52. The summed E-state index contributed by atoms with van der Waals surface area (Å²) in [6.07, 6.45) is 0.954. The number of aryl methyl sites for hydroxylation is 1. The SMILES string of the molecule is CC[C@H]1O[C@@H]2c3ccccc3CO[C@@H]2[C@H]1OCc1ccccc1C. The number of ether oxygens (including phenoxy) is 3. The van der Waals surface area contributed by atoms with Crippen LogP contribution in [0.25, 0.3) is 0 Å². The number of fused-ring (bicyclic) bond motifs is 3. The van der Waals surface area contributed by atoms with Crippen molar-refractivity contribution in [3.63, 3.8) is 0 Å². The van der Waals surface area contributed by atoms with Crippen LogP contribution in [-0.2, 0) is 27.4 Å². The van der Waals surface area contributed by atoms with E-state index in [1.54, 1.807) is 0 Å². The van der Waals surface area contributed by atoms with Gasteiger partial charge >= 0.3 is 0 Å². The van der Waals surface area contributed by atoms with Crippen molar-refractivity contribution in [2.75, 3.05) is 0 Å². The lowest BCUT2D eigenvalue weighted by Crippen LogP contribution is -2.37. The van der Waals surface area contributed by atoms with Gasteiger partial charge < -0.3 is 14.2 Å². The molecule has 3 heteroatoms. The van der Waals surface area contributed by atoms with Gasteiger partial charge in [-0.25, -0.2) is 0 Å². The van der Waals surface area contributed by atoms with E-state index in [1.807, 2.05) is 0 Å². The highest BCUT2D eigenvalue weighted by molar-refractivity contribution is 5.32. The van der Waals surface area contributed by atoms with Crippen LogP contribution in [-0.4, -0.2) is 18.3 Å². The molecule has 1 saturated heterocycles. The van der Waals surface area contributed by atoms with Gasteiger partial charge in [0.05, 0.1) is 19.3 Å². The molecule has 0 bridgehead atoms. The van der Waals surface area contributed by atoms with Crippen molar-refractivity contribution in [2.24, 2.45) is 0 Å². The summed E-state index contributed by atoms with van der Waals surface area (Å²) in [5.74, 6) is 0. The lowest BCUT2D eigenvalue weighted by atomic mass is 9.94. The van der Waals surface area contributed by atoms with E-state index in [0.717, 1.165) is 6.42 Å². The van der Waals surface area contributed by atoms with Gasteiger partial charge in [0.1, 0.15) is 18.3 Å². The molecule has 2 aromatic rings. The van der Waals surface area contributed by atoms with E-state index in [-0.39, 0.29) is 24.4 Å². The van der Waals surface area contributed by atoms with E-state index in [0.29, 0.717) is 13.2 Å². The Bertz CT molecular complexity index is 712. The maximum atomic E-state index is 6.32. The standard InChI is InChI=1S/C21H24O3/c1-3-18-20(22-12-15-9-5-4-8-14(15)2)21-19(24-18)17-11-7-6-10-16(17)13-23-21/h4-11,18-21H,3,12-13H2,1-2H3/t18-,19-,20+,21+/m1/s1. The van der Waals surface area contributed by atoms with Crippen LogP contribution < -0.4 is 0 Å². The summed E-state index contributed by atoms with van der Waals surface area (Å²) in [5.41, 5.74) is 4.98. The average Bonchev–Trinajstić information content (AvgIpc) is 2.99. The zero-order chi connectivity index (χ0) is 16.5. The molecule has 4 atom stereocenters. The molecule has 0 N–H and O–H groups in total. The van der Waals surface area contributed by atoms with Crippen molar-refractivity contribution in [1.29, 1.82) is 0 Å². The van der Waals surface area contributed by atoms with Crippen molar-refractivity contribution in [1.82, 2.24) is 0 Å². The molecule has 0 spiro atoms. The summed E-state index contributed by atoms with van der Waals surface area (Å²) >= 11 is 0. The average molecular weight is 324 g/mol. The van der Waals surface area contributed by atoms with Crippen molar-refractivity contribution in [3.8, 4) is 0 Å². The number of rotatable bonds is 4. The van der Waals surface area contributed by atoms with Crippen LogP contribution >= 0.6 is 0 Å². The minimum atomic E-state index is -0.0204. The fraction of sp³-hybridized carbons (Fsp3) is 0.429. The summed E-state index contributed by atoms with van der Waals surface area (Å²) in [5, 5.41) is 0. The summed E-state index contributed by atoms with van der Waals surface area (Å²) in [7, 11) is 0. The van der Waals surface area contributed by atoms with Crippen molar-refractivity contribution < 1.29 is 14.2 Å². The maximum absolute atomic E-state index is 6.32. The van der Waals surface area contributed by atoms with E-state index in [2.05, 4.69) is 62.4 Å². The first-order valence-electron chi connectivity index (χ1n) is 8.79. The van der Waals surface area contributed by atoms with Crippen LogP contribution in [0.1, 0.15) is 41.7 Å². The van der Waals surface area contributed by atoms with Gasteiger partial charge in [-0.05, 0) is 35.6 Å². The molecular formula is C21H24O3. The normalized spacial score (nSPS) is 28.4. The van der Waals surface area contributed by atoms with E-state index >= 15 is 0 Å². The highest BCUT2D eigenvalue weighted by Crippen LogP contribution is 2.43. The maximum Gasteiger partial charge on any atom is 0.117 e. The Labute approximate surface area is 143 Å². The quantitative estimate of drug-likeness (QED) is 0.838. The van der Waals surface area contributed by atoms with Gasteiger partial charge in [0.2, 0.25) is 0 Å². The van der Waals surface area contributed by atoms with Crippen molar-refractivity contribution in [2.45, 2.75) is 57.9 Å². The minimum absolute atomic E-state index is 0.0122. The van der Waals surface area contributed by atoms with Crippen LogP contribution in [0, 0.1) is 6.92 Å². The molecule has 2 aliphatic rings. The second-order valence-corrected chi connectivity index (χ2v) is 6.68. The molecule has 4 rings (SSSR count). The fourth-order valence-corrected chi connectivity index (χ4v) is 3.78. The second-order valence-electron chi connectivity index (χ2n) is 6.68. The Morgan fingerprint density at radius 3 is 2.71 bits per heavy atom. The first kappa shape index (κ1) is 15.8. The molecule has 1 fully saturated rings. The monoisotopic (exact) mass is 324 g/mol. The van der Waals surface area contributed by atoms with Crippen molar-refractivity contribution in [3.05, 3.63) is 70.8 Å². The second kappa shape index (κ2) is 6.67. The largest absolute Gasteiger partial charge is 0.368 e. The van der Waals surface area contributed by atoms with Crippen LogP contribution in [0.15, 0.2) is 48.5 Å². The van der Waals surface area contributed by atoms with Gasteiger partial charge in [0.15, 0.2) is 0 Å². The summed E-state index contributed by atoms with van der Waals surface area (Å²) in [6, 6.07) is 16.8.